The predicted octanol–water partition coefficient (Wildman–Crippen LogP) is 1.54. The van der Waals surface area contributed by atoms with E-state index >= 15 is 0 Å². The van der Waals surface area contributed by atoms with Crippen molar-refractivity contribution in [3.63, 3.8) is 0 Å². The zero-order chi connectivity index (χ0) is 38.1. The van der Waals surface area contributed by atoms with Crippen LogP contribution in [-0.4, -0.2) is 111 Å². The number of guanidine groups is 1. The molecule has 3 aliphatic heterocycles. The number of benzene rings is 1. The Hall–Kier alpha value is -4.40. The number of ether oxygens (including phenoxy) is 1. The third-order valence-electron chi connectivity index (χ3n) is 10.2. The number of nitrogen functional groups attached to an aromatic ring is 2. The summed E-state index contributed by atoms with van der Waals surface area (Å²) < 4.78 is 61.1. The molecular formula is C32H38ClF3N10O6S. The van der Waals surface area contributed by atoms with E-state index in [-0.39, 0.29) is 60.3 Å². The Morgan fingerprint density at radius 3 is 2.51 bits per heavy atom. The second-order valence-corrected chi connectivity index (χ2v) is 15.2. The van der Waals surface area contributed by atoms with Crippen LogP contribution in [0, 0.1) is 5.41 Å². The topological polar surface area (TPSA) is 233 Å². The van der Waals surface area contributed by atoms with Gasteiger partial charge in [-0.2, -0.15) is 18.2 Å². The molecule has 1 aromatic heterocycles. The summed E-state index contributed by atoms with van der Waals surface area (Å²) in [5, 5.41) is 6.15. The normalized spacial score (nSPS) is 21.8. The molecule has 16 nitrogen and oxygen atoms in total. The number of hydrogen-bond acceptors (Lipinski definition) is 11. The van der Waals surface area contributed by atoms with Crippen LogP contribution < -0.4 is 26.8 Å². The van der Waals surface area contributed by atoms with Crippen molar-refractivity contribution >= 4 is 64.2 Å². The molecule has 7 N–H and O–H groups in total. The third-order valence-corrected chi connectivity index (χ3v) is 11.5. The van der Waals surface area contributed by atoms with Crippen molar-refractivity contribution in [1.29, 1.82) is 0 Å². The fourth-order valence-electron chi connectivity index (χ4n) is 6.89. The van der Waals surface area contributed by atoms with E-state index in [0.29, 0.717) is 67.1 Å². The van der Waals surface area contributed by atoms with E-state index < -0.39 is 58.9 Å². The van der Waals surface area contributed by atoms with E-state index in [2.05, 4.69) is 30.3 Å². The van der Waals surface area contributed by atoms with E-state index in [9.17, 15) is 36.9 Å². The first-order chi connectivity index (χ1) is 25.1. The molecule has 6 rings (SSSR count). The van der Waals surface area contributed by atoms with Gasteiger partial charge >= 0.3 is 18.1 Å². The summed E-state index contributed by atoms with van der Waals surface area (Å²) >= 11 is 4.05. The Morgan fingerprint density at radius 2 is 1.83 bits per heavy atom. The van der Waals surface area contributed by atoms with E-state index in [1.807, 2.05) is 0 Å². The van der Waals surface area contributed by atoms with Gasteiger partial charge in [0.15, 0.2) is 39.9 Å². The highest BCUT2D eigenvalue weighted by atomic mass is 35.5. The second kappa shape index (κ2) is 15.2. The molecule has 4 fully saturated rings. The quantitative estimate of drug-likeness (QED) is 0.180. The van der Waals surface area contributed by atoms with Crippen molar-refractivity contribution in [1.82, 2.24) is 35.1 Å². The molecule has 2 atom stereocenters. The number of piperidine rings is 1. The minimum atomic E-state index is -4.56. The average Bonchev–Trinajstić information content (AvgIpc) is 3.76. The first-order valence-electron chi connectivity index (χ1n) is 16.9. The van der Waals surface area contributed by atoms with Crippen LogP contribution in [0.3, 0.4) is 0 Å². The molecule has 4 aliphatic rings. The summed E-state index contributed by atoms with van der Waals surface area (Å²) in [5.74, 6) is -2.76. The fraction of sp³-hybridized carbons (Fsp3) is 0.531. The zero-order valence-electron chi connectivity index (χ0n) is 28.3. The van der Waals surface area contributed by atoms with Crippen LogP contribution in [0.15, 0.2) is 34.2 Å². The van der Waals surface area contributed by atoms with Crippen LogP contribution in [0.25, 0.3) is 0 Å². The number of hydrogen-bond donors (Lipinski definition) is 5. The molecule has 1 saturated carbocycles. The maximum absolute atomic E-state index is 13.5. The molecule has 0 radical (unpaired) electrons. The van der Waals surface area contributed by atoms with Crippen molar-refractivity contribution in [3.8, 4) is 0 Å². The molecule has 21 heteroatoms. The molecule has 1 spiro atoms. The number of nitrogens with zero attached hydrogens (tertiary/aromatic N) is 5. The Kier molecular flexibility index (Phi) is 11.0. The van der Waals surface area contributed by atoms with Gasteiger partial charge in [-0.05, 0) is 50.7 Å². The first-order valence-corrected chi connectivity index (χ1v) is 18.4. The zero-order valence-corrected chi connectivity index (χ0v) is 29.9. The lowest BCUT2D eigenvalue weighted by atomic mass is 9.69. The Bertz CT molecular complexity index is 1810. The standard InChI is InChI=1S/C32H38ClF3N10O6S/c33-23-25(38)42-24(37)22(41-23)26(48)43-29-39-17-31(44-29)9-12-45(13-10-31)27(49)18-4-1-5-19(14-18)53(51)40-16-30(7-3-8-30)28(50)52-15-21(47)46-11-2-6-20(46)32(34,35)36/h1,4-5,14,20,40H,2-3,6-13,15-17H2,(H4,37,38,42)(H2,39,43,44,48). The largest absolute Gasteiger partial charge is 0.593 e. The highest BCUT2D eigenvalue weighted by Crippen LogP contribution is 2.42. The lowest BCUT2D eigenvalue weighted by molar-refractivity contribution is -0.186. The number of nitrogens with two attached hydrogens (primary N) is 2. The molecule has 53 heavy (non-hydrogen) atoms. The number of nitrogens with one attached hydrogen (secondary N) is 3. The monoisotopic (exact) mass is 782 g/mol. The van der Waals surface area contributed by atoms with Gasteiger partial charge in [-0.3, -0.25) is 19.2 Å². The molecule has 2 aromatic rings. The first kappa shape index (κ1) is 38.3. The van der Waals surface area contributed by atoms with Crippen molar-refractivity contribution in [2.45, 2.75) is 67.6 Å². The minimum absolute atomic E-state index is 0.0552. The van der Waals surface area contributed by atoms with Gasteiger partial charge < -0.3 is 41.2 Å². The third kappa shape index (κ3) is 8.24. The van der Waals surface area contributed by atoms with Gasteiger partial charge in [-0.1, -0.05) is 24.1 Å². The van der Waals surface area contributed by atoms with E-state index in [4.69, 9.17) is 27.8 Å². The molecule has 1 aliphatic carbocycles. The number of aliphatic imine (C=N–C) groups is 1. The maximum atomic E-state index is 13.5. The second-order valence-electron chi connectivity index (χ2n) is 13.6. The van der Waals surface area contributed by atoms with Gasteiger partial charge in [0.2, 0.25) is 0 Å². The van der Waals surface area contributed by atoms with E-state index in [1.165, 1.54) is 6.07 Å². The maximum Gasteiger partial charge on any atom is 0.408 e. The molecule has 3 amide bonds. The summed E-state index contributed by atoms with van der Waals surface area (Å²) in [6, 6.07) is 4.42. The smallest absolute Gasteiger partial charge is 0.408 e. The number of amides is 3. The van der Waals surface area contributed by atoms with Crippen LogP contribution >= 0.6 is 11.6 Å². The van der Waals surface area contributed by atoms with Crippen molar-refractivity contribution in [3.05, 3.63) is 40.7 Å². The SMILES string of the molecule is Nc1nc(N)c(C(=O)/N=C2\NCC3(CCN(C(=O)c4cccc([S+]([O-])NCC5(C(=O)OCC(=O)N6CCCC6C(F)(F)F)CCC5)c4)CC3)N2)nc1Cl. The molecular weight excluding hydrogens is 745 g/mol. The lowest BCUT2D eigenvalue weighted by Gasteiger charge is -2.39. The van der Waals surface area contributed by atoms with Crippen molar-refractivity contribution in [2.75, 3.05) is 50.8 Å². The molecule has 2 unspecified atom stereocenters. The summed E-state index contributed by atoms with van der Waals surface area (Å²) in [5.41, 5.74) is 9.87. The average molecular weight is 783 g/mol. The van der Waals surface area contributed by atoms with Gasteiger partial charge in [0.05, 0.1) is 28.9 Å². The highest BCUT2D eigenvalue weighted by Gasteiger charge is 2.49. The minimum Gasteiger partial charge on any atom is -0.593 e. The number of carbonyl (C=O) groups excluding carboxylic acids is 4. The van der Waals surface area contributed by atoms with Crippen LogP contribution in [0.2, 0.25) is 5.15 Å². The Balaban J connectivity index is 0.995. The van der Waals surface area contributed by atoms with Crippen LogP contribution in [-0.2, 0) is 25.7 Å². The van der Waals surface area contributed by atoms with Gasteiger partial charge in [-0.25, -0.2) is 9.97 Å². The summed E-state index contributed by atoms with van der Waals surface area (Å²) in [4.78, 5) is 66.1. The molecule has 1 aromatic carbocycles. The van der Waals surface area contributed by atoms with Gasteiger partial charge in [-0.15, -0.1) is 4.72 Å². The predicted molar refractivity (Wildman–Crippen MR) is 186 cm³/mol. The lowest BCUT2D eigenvalue weighted by Crippen LogP contribution is -2.53. The Labute approximate surface area is 309 Å². The number of likely N-dealkylation sites (tertiary alicyclic amines) is 2. The molecule has 0 bridgehead atoms. The van der Waals surface area contributed by atoms with Crippen LogP contribution in [0.1, 0.15) is 65.8 Å². The van der Waals surface area contributed by atoms with Gasteiger partial charge in [0, 0.05) is 37.8 Å². The molecule has 4 heterocycles. The number of esters is 1. The highest BCUT2D eigenvalue weighted by molar-refractivity contribution is 7.89. The van der Waals surface area contributed by atoms with Crippen LogP contribution in [0.5, 0.6) is 0 Å². The Morgan fingerprint density at radius 1 is 1.09 bits per heavy atom. The molecule has 3 saturated heterocycles. The summed E-state index contributed by atoms with van der Waals surface area (Å²) in [6.07, 6.45) is -2.01. The fourth-order valence-corrected chi connectivity index (χ4v) is 8.03. The van der Waals surface area contributed by atoms with Gasteiger partial charge in [0.25, 0.3) is 11.8 Å². The van der Waals surface area contributed by atoms with Crippen molar-refractivity contribution < 1.29 is 41.6 Å². The van der Waals surface area contributed by atoms with Crippen LogP contribution in [0.4, 0.5) is 24.8 Å². The summed E-state index contributed by atoms with van der Waals surface area (Å²) in [7, 11) is 0. The number of aromatic nitrogens is 2. The van der Waals surface area contributed by atoms with E-state index in [0.717, 1.165) is 0 Å². The van der Waals surface area contributed by atoms with Gasteiger partial charge in [0.1, 0.15) is 6.04 Å². The number of rotatable bonds is 9. The molecule has 286 valence electrons. The van der Waals surface area contributed by atoms with Crippen molar-refractivity contribution in [2.24, 2.45) is 10.4 Å². The number of carbonyl (C=O) groups is 4. The number of halogens is 4. The number of anilines is 2. The number of alkyl halides is 3. The van der Waals surface area contributed by atoms with E-state index in [1.54, 1.807) is 23.1 Å². The summed E-state index contributed by atoms with van der Waals surface area (Å²) in [6.45, 7) is 0.303.